The topological polar surface area (TPSA) is 88.6 Å². The van der Waals surface area contributed by atoms with Gasteiger partial charge in [0, 0.05) is 40.9 Å². The SMILES string of the molecule is O=CC(=O)C1CCC(N2Cc3c(OCc4cnc5ccccc5c4)cccc3C2=O)CN1. The molecule has 3 aromatic rings. The quantitative estimate of drug-likeness (QED) is 0.479. The first-order valence-corrected chi connectivity index (χ1v) is 10.8. The van der Waals surface area contributed by atoms with E-state index in [9.17, 15) is 14.4 Å². The molecule has 1 fully saturated rings. The number of hydrogen-bond acceptors (Lipinski definition) is 6. The van der Waals surface area contributed by atoms with Gasteiger partial charge in [-0.15, -0.1) is 0 Å². The average Bonchev–Trinajstić information content (AvgIpc) is 3.19. The molecule has 0 saturated carbocycles. The summed E-state index contributed by atoms with van der Waals surface area (Å²) < 4.78 is 6.11. The lowest BCUT2D eigenvalue weighted by molar-refractivity contribution is -0.131. The fourth-order valence-electron chi connectivity index (χ4n) is 4.55. The first-order valence-electron chi connectivity index (χ1n) is 10.8. The number of carbonyl (C=O) groups excluding carboxylic acids is 3. The third-order valence-corrected chi connectivity index (χ3v) is 6.28. The summed E-state index contributed by atoms with van der Waals surface area (Å²) in [5, 5.41) is 4.17. The van der Waals surface area contributed by atoms with E-state index in [0.29, 0.717) is 50.1 Å². The number of Topliss-reactive ketones (excluding diaryl/α,β-unsaturated/α-hetero) is 1. The van der Waals surface area contributed by atoms with Gasteiger partial charge in [0.2, 0.25) is 5.78 Å². The molecule has 1 saturated heterocycles. The van der Waals surface area contributed by atoms with Crippen LogP contribution in [-0.4, -0.2) is 46.5 Å². The fraction of sp³-hybridized carbons (Fsp3) is 0.280. The van der Waals surface area contributed by atoms with Crippen molar-refractivity contribution in [3.63, 3.8) is 0 Å². The molecule has 2 aromatic carbocycles. The van der Waals surface area contributed by atoms with Gasteiger partial charge in [-0.2, -0.15) is 0 Å². The molecule has 3 heterocycles. The zero-order valence-electron chi connectivity index (χ0n) is 17.5. The predicted octanol–water partition coefficient (Wildman–Crippen LogP) is 2.66. The maximum atomic E-state index is 13.0. The lowest BCUT2D eigenvalue weighted by atomic mass is 9.97. The third-order valence-electron chi connectivity index (χ3n) is 6.28. The van der Waals surface area contributed by atoms with Gasteiger partial charge in [0.1, 0.15) is 12.4 Å². The van der Waals surface area contributed by atoms with Crippen molar-refractivity contribution in [2.45, 2.75) is 38.1 Å². The molecule has 1 amide bonds. The molecular weight excluding hydrogens is 406 g/mol. The summed E-state index contributed by atoms with van der Waals surface area (Å²) in [5.74, 6) is 0.243. The molecular formula is C25H23N3O4. The Labute approximate surface area is 185 Å². The molecule has 2 aliphatic rings. The summed E-state index contributed by atoms with van der Waals surface area (Å²) >= 11 is 0. The van der Waals surface area contributed by atoms with E-state index in [1.54, 1.807) is 0 Å². The number of ether oxygens (including phenoxy) is 1. The average molecular weight is 429 g/mol. The van der Waals surface area contributed by atoms with Crippen molar-refractivity contribution in [1.29, 1.82) is 0 Å². The minimum atomic E-state index is -0.446. The van der Waals surface area contributed by atoms with Crippen LogP contribution in [0.2, 0.25) is 0 Å². The highest BCUT2D eigenvalue weighted by Crippen LogP contribution is 2.34. The Morgan fingerprint density at radius 1 is 1.19 bits per heavy atom. The molecule has 2 aliphatic heterocycles. The van der Waals surface area contributed by atoms with Crippen molar-refractivity contribution in [1.82, 2.24) is 15.2 Å². The van der Waals surface area contributed by atoms with Crippen LogP contribution < -0.4 is 10.1 Å². The Hall–Kier alpha value is -3.58. The van der Waals surface area contributed by atoms with Gasteiger partial charge in [0.15, 0.2) is 6.29 Å². The second kappa shape index (κ2) is 8.51. The number of carbonyl (C=O) groups is 3. The lowest BCUT2D eigenvalue weighted by Crippen LogP contribution is -2.52. The Kier molecular flexibility index (Phi) is 5.41. The Balaban J connectivity index is 1.29. The first kappa shape index (κ1) is 20.3. The largest absolute Gasteiger partial charge is 0.488 e. The van der Waals surface area contributed by atoms with Gasteiger partial charge in [0.25, 0.3) is 5.91 Å². The second-order valence-electron chi connectivity index (χ2n) is 8.25. The molecule has 162 valence electrons. The number of ketones is 1. The molecule has 7 heteroatoms. The molecule has 1 aromatic heterocycles. The summed E-state index contributed by atoms with van der Waals surface area (Å²) in [4.78, 5) is 41.7. The van der Waals surface area contributed by atoms with Crippen LogP contribution >= 0.6 is 0 Å². The lowest BCUT2D eigenvalue weighted by Gasteiger charge is -2.34. The number of aldehydes is 1. The summed E-state index contributed by atoms with van der Waals surface area (Å²) in [5.41, 5.74) is 3.45. The number of nitrogens with one attached hydrogen (secondary N) is 1. The van der Waals surface area contributed by atoms with E-state index >= 15 is 0 Å². The normalized spacial score (nSPS) is 20.2. The Bertz CT molecular complexity index is 1200. The number of benzene rings is 2. The van der Waals surface area contributed by atoms with Gasteiger partial charge in [-0.25, -0.2) is 0 Å². The fourth-order valence-corrected chi connectivity index (χ4v) is 4.55. The number of pyridine rings is 1. The number of nitrogens with zero attached hydrogens (tertiary/aromatic N) is 2. The molecule has 2 unspecified atom stereocenters. The van der Waals surface area contributed by atoms with Gasteiger partial charge in [0.05, 0.1) is 18.1 Å². The molecule has 0 spiro atoms. The monoisotopic (exact) mass is 429 g/mol. The van der Waals surface area contributed by atoms with Gasteiger partial charge in [-0.05, 0) is 37.1 Å². The van der Waals surface area contributed by atoms with E-state index in [0.717, 1.165) is 22.0 Å². The van der Waals surface area contributed by atoms with E-state index in [4.69, 9.17) is 4.74 Å². The van der Waals surface area contributed by atoms with E-state index in [-0.39, 0.29) is 11.9 Å². The third kappa shape index (κ3) is 3.76. The van der Waals surface area contributed by atoms with Crippen molar-refractivity contribution in [3.05, 3.63) is 71.4 Å². The Morgan fingerprint density at radius 2 is 2.06 bits per heavy atom. The van der Waals surface area contributed by atoms with Crippen LogP contribution in [0.15, 0.2) is 54.7 Å². The summed E-state index contributed by atoms with van der Waals surface area (Å²) in [6.07, 6.45) is 3.40. The number of aromatic nitrogens is 1. The molecule has 0 radical (unpaired) electrons. The van der Waals surface area contributed by atoms with Crippen LogP contribution in [0.1, 0.15) is 34.3 Å². The first-order chi connectivity index (χ1) is 15.6. The van der Waals surface area contributed by atoms with Crippen LogP contribution in [0.5, 0.6) is 5.75 Å². The van der Waals surface area contributed by atoms with Crippen LogP contribution in [0.25, 0.3) is 10.9 Å². The minimum absolute atomic E-state index is 0.0233. The molecule has 2 atom stereocenters. The van der Waals surface area contributed by atoms with Crippen molar-refractivity contribution in [3.8, 4) is 5.75 Å². The second-order valence-corrected chi connectivity index (χ2v) is 8.25. The molecule has 1 N–H and O–H groups in total. The van der Waals surface area contributed by atoms with Crippen LogP contribution in [0.4, 0.5) is 0 Å². The number of hydrogen-bond donors (Lipinski definition) is 1. The number of para-hydroxylation sites is 1. The number of fused-ring (bicyclic) bond motifs is 2. The van der Waals surface area contributed by atoms with Crippen molar-refractivity contribution in [2.24, 2.45) is 0 Å². The van der Waals surface area contributed by atoms with Gasteiger partial charge in [-0.1, -0.05) is 24.3 Å². The molecule has 32 heavy (non-hydrogen) atoms. The van der Waals surface area contributed by atoms with Gasteiger partial charge < -0.3 is 15.0 Å². The summed E-state index contributed by atoms with van der Waals surface area (Å²) in [7, 11) is 0. The number of piperidine rings is 1. The van der Waals surface area contributed by atoms with E-state index < -0.39 is 11.8 Å². The Morgan fingerprint density at radius 3 is 2.88 bits per heavy atom. The van der Waals surface area contributed by atoms with Gasteiger partial charge >= 0.3 is 0 Å². The van der Waals surface area contributed by atoms with E-state index in [1.807, 2.05) is 53.6 Å². The van der Waals surface area contributed by atoms with Crippen molar-refractivity contribution in [2.75, 3.05) is 6.54 Å². The van der Waals surface area contributed by atoms with Crippen molar-refractivity contribution >= 4 is 28.9 Å². The van der Waals surface area contributed by atoms with E-state index in [2.05, 4.69) is 16.4 Å². The zero-order valence-corrected chi connectivity index (χ0v) is 17.5. The predicted molar refractivity (Wildman–Crippen MR) is 118 cm³/mol. The number of rotatable bonds is 6. The molecule has 7 nitrogen and oxygen atoms in total. The van der Waals surface area contributed by atoms with Crippen LogP contribution in [0, 0.1) is 0 Å². The molecule has 0 aliphatic carbocycles. The maximum absolute atomic E-state index is 13.0. The highest BCUT2D eigenvalue weighted by molar-refractivity contribution is 6.27. The molecule has 0 bridgehead atoms. The standard InChI is InChI=1S/C25H23N3O4/c29-14-23(30)22-9-8-18(12-27-22)28-13-20-19(25(28)31)5-3-7-24(20)32-15-16-10-17-4-1-2-6-21(17)26-11-16/h1-7,10-11,14,18,22,27H,8-9,12-13,15H2. The maximum Gasteiger partial charge on any atom is 0.254 e. The summed E-state index contributed by atoms with van der Waals surface area (Å²) in [6, 6.07) is 15.1. The van der Waals surface area contributed by atoms with E-state index in [1.165, 1.54) is 0 Å². The highest BCUT2D eigenvalue weighted by Gasteiger charge is 2.37. The minimum Gasteiger partial charge on any atom is -0.488 e. The van der Waals surface area contributed by atoms with Crippen molar-refractivity contribution < 1.29 is 19.1 Å². The van der Waals surface area contributed by atoms with Gasteiger partial charge in [-0.3, -0.25) is 19.4 Å². The number of amides is 1. The summed E-state index contributed by atoms with van der Waals surface area (Å²) in [6.45, 7) is 1.32. The zero-order chi connectivity index (χ0) is 22.1. The smallest absolute Gasteiger partial charge is 0.254 e. The highest BCUT2D eigenvalue weighted by atomic mass is 16.5. The van der Waals surface area contributed by atoms with Crippen LogP contribution in [-0.2, 0) is 22.7 Å². The van der Waals surface area contributed by atoms with Crippen LogP contribution in [0.3, 0.4) is 0 Å². The molecule has 5 rings (SSSR count).